The highest BCUT2D eigenvalue weighted by molar-refractivity contribution is 7.88. The van der Waals surface area contributed by atoms with Crippen molar-refractivity contribution in [3.8, 4) is 0 Å². The second kappa shape index (κ2) is 2.36. The van der Waals surface area contributed by atoms with Crippen molar-refractivity contribution in [2.24, 2.45) is 0 Å². The third-order valence-electron chi connectivity index (χ3n) is 0.960. The highest BCUT2D eigenvalue weighted by Crippen LogP contribution is 2.02. The second-order valence-electron chi connectivity index (χ2n) is 1.69. The molecule has 10 heavy (non-hydrogen) atoms. The van der Waals surface area contributed by atoms with Gasteiger partial charge >= 0.3 is 0 Å². The minimum atomic E-state index is -3.79. The average molecular weight is 157 g/mol. The van der Waals surface area contributed by atoms with Gasteiger partial charge in [-0.1, -0.05) is 0 Å². The van der Waals surface area contributed by atoms with Crippen LogP contribution < -0.4 is 5.14 Å². The fourth-order valence-corrected chi connectivity index (χ4v) is 0.997. The van der Waals surface area contributed by atoms with Gasteiger partial charge < -0.3 is 0 Å². The minimum absolute atomic E-state index is 0.0255. The summed E-state index contributed by atoms with van der Waals surface area (Å²) in [5, 5.41) is 6.62. The molecule has 1 heterocycles. The van der Waals surface area contributed by atoms with E-state index in [1.54, 1.807) is 0 Å². The summed E-state index contributed by atoms with van der Waals surface area (Å²) in [5.41, 5.74) is 0. The topological polar surface area (TPSA) is 70.8 Å². The van der Waals surface area contributed by atoms with Crippen LogP contribution in [0.15, 0.2) is 29.4 Å². The first kappa shape index (κ1) is 7.17. The van der Waals surface area contributed by atoms with Gasteiger partial charge in [-0.05, 0) is 12.1 Å². The van der Waals surface area contributed by atoms with E-state index in [-0.39, 0.29) is 4.90 Å². The molecule has 1 rings (SSSR count). The Balaban J connectivity index is 3.22. The summed E-state index contributed by atoms with van der Waals surface area (Å²) in [6.07, 6.45) is 2.67. The number of pyridine rings is 1. The highest BCUT2D eigenvalue weighted by atomic mass is 32.2. The van der Waals surface area contributed by atoms with Crippen LogP contribution in [0.2, 0.25) is 0 Å². The lowest BCUT2D eigenvalue weighted by Gasteiger charge is -1.91. The van der Waals surface area contributed by atoms with Crippen molar-refractivity contribution in [3.63, 3.8) is 0 Å². The molecule has 5 heteroatoms. The molecule has 0 atom stereocenters. The highest BCUT2D eigenvalue weighted by Gasteiger charge is 2.05. The van der Waals surface area contributed by atoms with Crippen LogP contribution in [0.5, 0.6) is 0 Å². The molecule has 0 aliphatic heterocycles. The van der Waals surface area contributed by atoms with Crippen LogP contribution in [-0.2, 0) is 10.0 Å². The van der Waals surface area contributed by atoms with E-state index in [2.05, 4.69) is 4.98 Å². The van der Waals surface area contributed by atoms with Crippen molar-refractivity contribution < 1.29 is 8.42 Å². The maximum Gasteiger partial charge on any atom is 0.254 e. The van der Waals surface area contributed by atoms with Crippen LogP contribution in [0.4, 0.5) is 0 Å². The quantitative estimate of drug-likeness (QED) is 0.578. The van der Waals surface area contributed by atoms with Gasteiger partial charge in [-0.25, -0.2) is 8.42 Å². The van der Waals surface area contributed by atoms with E-state index in [0.717, 1.165) is 0 Å². The Morgan fingerprint density at radius 1 is 1.30 bits per heavy atom. The number of hydrogen-bond acceptors (Lipinski definition) is 3. The summed E-state index contributed by atoms with van der Waals surface area (Å²) in [5.74, 6) is 0. The molecule has 1 N–H and O–H groups in total. The molecule has 0 saturated carbocycles. The SMILES string of the molecule is [NH]S(=O)(=O)c1ccncc1. The molecule has 0 spiro atoms. The summed E-state index contributed by atoms with van der Waals surface area (Å²) >= 11 is 0. The Kier molecular flexibility index (Phi) is 1.69. The lowest BCUT2D eigenvalue weighted by Crippen LogP contribution is -1.99. The summed E-state index contributed by atoms with van der Waals surface area (Å²) in [7, 11) is -3.79. The smallest absolute Gasteiger partial charge is 0.254 e. The molecule has 1 aromatic rings. The summed E-state index contributed by atoms with van der Waals surface area (Å²) in [4.78, 5) is 3.59. The molecular weight excluding hydrogens is 152 g/mol. The van der Waals surface area contributed by atoms with Crippen molar-refractivity contribution in [2.45, 2.75) is 4.90 Å². The Labute approximate surface area is 58.8 Å². The van der Waals surface area contributed by atoms with Crippen molar-refractivity contribution in [1.29, 1.82) is 0 Å². The number of aromatic nitrogens is 1. The zero-order chi connectivity index (χ0) is 7.61. The minimum Gasteiger partial charge on any atom is -0.265 e. The summed E-state index contributed by atoms with van der Waals surface area (Å²) < 4.78 is 20.9. The molecule has 0 fully saturated rings. The lowest BCUT2D eigenvalue weighted by atomic mass is 10.5. The molecule has 0 aromatic carbocycles. The van der Waals surface area contributed by atoms with Crippen molar-refractivity contribution >= 4 is 10.0 Å². The predicted molar refractivity (Wildman–Crippen MR) is 34.5 cm³/mol. The standard InChI is InChI=1S/C5H5N2O2S/c6-10(8,9)5-1-3-7-4-2-5/h1-4,6H. The van der Waals surface area contributed by atoms with E-state index in [1.807, 2.05) is 0 Å². The Morgan fingerprint density at radius 3 is 2.10 bits per heavy atom. The molecule has 0 saturated heterocycles. The first-order valence-electron chi connectivity index (χ1n) is 2.50. The molecule has 53 valence electrons. The Bertz CT molecular complexity index is 306. The molecule has 0 aliphatic carbocycles. The number of hydrogen-bond donors (Lipinski definition) is 0. The van der Waals surface area contributed by atoms with Crippen LogP contribution in [0, 0.1) is 0 Å². The van der Waals surface area contributed by atoms with E-state index >= 15 is 0 Å². The zero-order valence-corrected chi connectivity index (χ0v) is 5.80. The van der Waals surface area contributed by atoms with E-state index in [9.17, 15) is 8.42 Å². The Hall–Kier alpha value is -0.940. The van der Waals surface area contributed by atoms with Crippen LogP contribution >= 0.6 is 0 Å². The third-order valence-corrected chi connectivity index (χ3v) is 1.85. The van der Waals surface area contributed by atoms with Gasteiger partial charge in [0.25, 0.3) is 10.0 Å². The maximum atomic E-state index is 10.5. The molecule has 1 aromatic heterocycles. The van der Waals surface area contributed by atoms with Gasteiger partial charge in [0.2, 0.25) is 0 Å². The number of nitrogens with one attached hydrogen (secondary N) is 1. The molecule has 4 nitrogen and oxygen atoms in total. The van der Waals surface area contributed by atoms with Crippen molar-refractivity contribution in [3.05, 3.63) is 24.5 Å². The maximum absolute atomic E-state index is 10.5. The van der Waals surface area contributed by atoms with E-state index < -0.39 is 10.0 Å². The van der Waals surface area contributed by atoms with Gasteiger partial charge in [-0.15, -0.1) is 5.14 Å². The van der Waals surface area contributed by atoms with Crippen LogP contribution in [-0.4, -0.2) is 13.4 Å². The van der Waals surface area contributed by atoms with Gasteiger partial charge in [0, 0.05) is 12.4 Å². The normalized spacial score (nSPS) is 11.3. The van der Waals surface area contributed by atoms with Gasteiger partial charge in [-0.2, -0.15) is 0 Å². The number of nitrogens with zero attached hydrogens (tertiary/aromatic N) is 1. The second-order valence-corrected chi connectivity index (χ2v) is 3.16. The van der Waals surface area contributed by atoms with Crippen LogP contribution in [0.1, 0.15) is 0 Å². The molecule has 1 radical (unpaired) electrons. The van der Waals surface area contributed by atoms with Gasteiger partial charge in [-0.3, -0.25) is 4.98 Å². The molecule has 0 unspecified atom stereocenters. The van der Waals surface area contributed by atoms with Crippen LogP contribution in [0.3, 0.4) is 0 Å². The summed E-state index contributed by atoms with van der Waals surface area (Å²) in [6.45, 7) is 0. The molecular formula is C5H5N2O2S. The first-order valence-corrected chi connectivity index (χ1v) is 3.99. The fraction of sp³-hybridized carbons (Fsp3) is 0. The molecule has 0 amide bonds. The van der Waals surface area contributed by atoms with Gasteiger partial charge in [0.1, 0.15) is 0 Å². The van der Waals surface area contributed by atoms with E-state index in [0.29, 0.717) is 0 Å². The largest absolute Gasteiger partial charge is 0.265 e. The fourth-order valence-electron chi connectivity index (χ4n) is 0.517. The average Bonchev–Trinajstić information content (AvgIpc) is 1.88. The zero-order valence-electron chi connectivity index (χ0n) is 4.98. The predicted octanol–water partition coefficient (Wildman–Crippen LogP) is 0.0532. The lowest BCUT2D eigenvalue weighted by molar-refractivity contribution is 0.596. The molecule has 0 bridgehead atoms. The Morgan fingerprint density at radius 2 is 1.80 bits per heavy atom. The third kappa shape index (κ3) is 1.52. The summed E-state index contributed by atoms with van der Waals surface area (Å²) in [6, 6.07) is 2.56. The number of rotatable bonds is 1. The molecule has 0 aliphatic rings. The number of sulfonamides is 1. The monoisotopic (exact) mass is 157 g/mol. The van der Waals surface area contributed by atoms with Crippen molar-refractivity contribution in [2.75, 3.05) is 0 Å². The van der Waals surface area contributed by atoms with Crippen LogP contribution in [0.25, 0.3) is 0 Å². The van der Waals surface area contributed by atoms with E-state index in [4.69, 9.17) is 5.14 Å². The van der Waals surface area contributed by atoms with Gasteiger partial charge in [0.05, 0.1) is 4.90 Å². The van der Waals surface area contributed by atoms with Crippen molar-refractivity contribution in [1.82, 2.24) is 10.1 Å². The van der Waals surface area contributed by atoms with E-state index in [1.165, 1.54) is 24.5 Å². The first-order chi connectivity index (χ1) is 4.61. The van der Waals surface area contributed by atoms with Gasteiger partial charge in [0.15, 0.2) is 0 Å².